The number of anilines is 2. The average molecular weight is 491 g/mol. The fourth-order valence-corrected chi connectivity index (χ4v) is 3.81. The van der Waals surface area contributed by atoms with Crippen LogP contribution in [0.3, 0.4) is 0 Å². The lowest BCUT2D eigenvalue weighted by Gasteiger charge is -2.35. The summed E-state index contributed by atoms with van der Waals surface area (Å²) in [6.45, 7) is 3.35. The second-order valence-corrected chi connectivity index (χ2v) is 8.94. The number of nitrogens with one attached hydrogen (secondary N) is 2. The summed E-state index contributed by atoms with van der Waals surface area (Å²) in [5.41, 5.74) is 8.93. The molecule has 4 aromatic rings. The van der Waals surface area contributed by atoms with Gasteiger partial charge in [-0.3, -0.25) is 0 Å². The molecule has 0 radical (unpaired) electrons. The zero-order valence-corrected chi connectivity index (χ0v) is 20.0. The third-order valence-electron chi connectivity index (χ3n) is 5.96. The van der Waals surface area contributed by atoms with E-state index >= 15 is 0 Å². The van der Waals surface area contributed by atoms with Crippen molar-refractivity contribution in [2.75, 3.05) is 32.2 Å². The topological polar surface area (TPSA) is 120 Å². The molecule has 5 rings (SSSR count). The number of hydrogen-bond donors (Lipinski definition) is 3. The van der Waals surface area contributed by atoms with Gasteiger partial charge in [0.05, 0.1) is 37.4 Å². The minimum Gasteiger partial charge on any atom is -0.497 e. The highest BCUT2D eigenvalue weighted by molar-refractivity contribution is 5.77. The summed E-state index contributed by atoms with van der Waals surface area (Å²) in [5.74, 6) is 1.27. The number of rotatable bonds is 7. The summed E-state index contributed by atoms with van der Waals surface area (Å²) in [6.07, 6.45) is 0.967. The Hall–Kier alpha value is -3.86. The first-order chi connectivity index (χ1) is 17.5. The highest BCUT2D eigenvalue weighted by Gasteiger charge is 2.34. The van der Waals surface area contributed by atoms with E-state index < -0.39 is 6.29 Å². The van der Waals surface area contributed by atoms with Crippen molar-refractivity contribution in [3.63, 3.8) is 0 Å². The van der Waals surface area contributed by atoms with Crippen LogP contribution in [-0.4, -0.2) is 46.8 Å². The van der Waals surface area contributed by atoms with Crippen LogP contribution in [-0.2, 0) is 9.47 Å². The summed E-state index contributed by atoms with van der Waals surface area (Å²) in [4.78, 5) is 17.1. The number of aromatic nitrogens is 4. The van der Waals surface area contributed by atoms with E-state index in [0.717, 1.165) is 11.3 Å². The van der Waals surface area contributed by atoms with E-state index in [1.54, 1.807) is 31.5 Å². The lowest BCUT2D eigenvalue weighted by atomic mass is 9.93. The number of methoxy groups -OCH3 is 1. The van der Waals surface area contributed by atoms with E-state index in [0.29, 0.717) is 54.4 Å². The Morgan fingerprint density at radius 3 is 2.64 bits per heavy atom. The van der Waals surface area contributed by atoms with E-state index in [2.05, 4.69) is 20.3 Å². The monoisotopic (exact) mass is 490 g/mol. The largest absolute Gasteiger partial charge is 0.497 e. The number of imidazole rings is 1. The van der Waals surface area contributed by atoms with Gasteiger partial charge in [-0.2, -0.15) is 0 Å². The van der Waals surface area contributed by atoms with Crippen molar-refractivity contribution in [3.8, 4) is 28.4 Å². The van der Waals surface area contributed by atoms with Crippen LogP contribution < -0.4 is 15.8 Å². The van der Waals surface area contributed by atoms with Crippen LogP contribution in [0.25, 0.3) is 22.6 Å². The van der Waals surface area contributed by atoms with E-state index in [1.165, 1.54) is 12.1 Å². The van der Waals surface area contributed by atoms with Crippen LogP contribution in [0.1, 0.15) is 19.0 Å². The first kappa shape index (κ1) is 23.9. The van der Waals surface area contributed by atoms with Crippen molar-refractivity contribution in [2.24, 2.45) is 11.1 Å². The molecular weight excluding hydrogens is 463 g/mol. The van der Waals surface area contributed by atoms with Gasteiger partial charge < -0.3 is 30.2 Å². The minimum absolute atomic E-state index is 0.251. The predicted octanol–water partition coefficient (Wildman–Crippen LogP) is 4.44. The predicted molar refractivity (Wildman–Crippen MR) is 133 cm³/mol. The van der Waals surface area contributed by atoms with Crippen LogP contribution in [0, 0.1) is 11.2 Å². The number of aromatic amines is 1. The summed E-state index contributed by atoms with van der Waals surface area (Å²) in [7, 11) is 1.61. The standard InChI is InChI=1S/C26H27FN6O3/c1-26(13-28)14-35-24(36-15-26)23-32-21(16-6-8-17(27)9-7-16)22(33-23)20-10-11-29-25(31-20)30-18-4-3-5-19(12-18)34-2/h3-12,24H,13-15,28H2,1-2H3,(H,32,33)(H,29,30,31). The van der Waals surface area contributed by atoms with Gasteiger partial charge in [0.25, 0.3) is 0 Å². The Bertz CT molecular complexity index is 1340. The van der Waals surface area contributed by atoms with Gasteiger partial charge in [0.1, 0.15) is 11.6 Å². The second kappa shape index (κ2) is 10.0. The van der Waals surface area contributed by atoms with E-state index in [-0.39, 0.29) is 11.2 Å². The molecule has 186 valence electrons. The quantitative estimate of drug-likeness (QED) is 0.348. The molecule has 0 saturated carbocycles. The van der Waals surface area contributed by atoms with Gasteiger partial charge in [-0.05, 0) is 42.5 Å². The number of halogens is 1. The number of ether oxygens (including phenoxy) is 3. The van der Waals surface area contributed by atoms with Crippen LogP contribution in [0.5, 0.6) is 5.75 Å². The molecule has 4 N–H and O–H groups in total. The van der Waals surface area contributed by atoms with E-state index in [9.17, 15) is 4.39 Å². The van der Waals surface area contributed by atoms with Crippen molar-refractivity contribution >= 4 is 11.6 Å². The summed E-state index contributed by atoms with van der Waals surface area (Å²) >= 11 is 0. The summed E-state index contributed by atoms with van der Waals surface area (Å²) < 4.78 is 30.8. The zero-order chi connectivity index (χ0) is 25.1. The fraction of sp³-hybridized carbons (Fsp3) is 0.269. The van der Waals surface area contributed by atoms with Crippen molar-refractivity contribution in [1.82, 2.24) is 19.9 Å². The third kappa shape index (κ3) is 5.06. The number of nitrogens with two attached hydrogens (primary N) is 1. The van der Waals surface area contributed by atoms with Crippen LogP contribution >= 0.6 is 0 Å². The van der Waals surface area contributed by atoms with Crippen LogP contribution in [0.2, 0.25) is 0 Å². The molecule has 1 aliphatic heterocycles. The van der Waals surface area contributed by atoms with Crippen LogP contribution in [0.4, 0.5) is 16.0 Å². The highest BCUT2D eigenvalue weighted by atomic mass is 19.1. The van der Waals surface area contributed by atoms with Crippen molar-refractivity contribution < 1.29 is 18.6 Å². The maximum absolute atomic E-state index is 13.6. The molecule has 10 heteroatoms. The van der Waals surface area contributed by atoms with Gasteiger partial charge in [0, 0.05) is 35.5 Å². The van der Waals surface area contributed by atoms with Gasteiger partial charge in [-0.25, -0.2) is 19.3 Å². The van der Waals surface area contributed by atoms with Crippen LogP contribution in [0.15, 0.2) is 60.8 Å². The maximum atomic E-state index is 13.6. The van der Waals surface area contributed by atoms with Crippen molar-refractivity contribution in [3.05, 3.63) is 72.4 Å². The molecule has 2 aromatic carbocycles. The lowest BCUT2D eigenvalue weighted by molar-refractivity contribution is -0.231. The SMILES string of the molecule is COc1cccc(Nc2nccc(-c3[nH]c(C4OCC(C)(CN)CO4)nc3-c3ccc(F)cc3)n2)c1. The maximum Gasteiger partial charge on any atom is 0.227 e. The Kier molecular flexibility index (Phi) is 6.64. The number of hydrogen-bond acceptors (Lipinski definition) is 8. The Labute approximate surface area is 207 Å². The Morgan fingerprint density at radius 2 is 1.92 bits per heavy atom. The van der Waals surface area contributed by atoms with Crippen molar-refractivity contribution in [1.29, 1.82) is 0 Å². The number of nitrogens with zero attached hydrogens (tertiary/aromatic N) is 3. The average Bonchev–Trinajstić information content (AvgIpc) is 3.35. The molecule has 0 bridgehead atoms. The molecule has 1 fully saturated rings. The molecule has 0 aliphatic carbocycles. The van der Waals surface area contributed by atoms with Gasteiger partial charge in [0.15, 0.2) is 5.82 Å². The molecule has 3 heterocycles. The molecule has 1 saturated heterocycles. The third-order valence-corrected chi connectivity index (χ3v) is 5.96. The fourth-order valence-electron chi connectivity index (χ4n) is 3.81. The summed E-state index contributed by atoms with van der Waals surface area (Å²) in [5, 5.41) is 3.19. The van der Waals surface area contributed by atoms with Gasteiger partial charge in [-0.1, -0.05) is 13.0 Å². The molecule has 0 amide bonds. The molecule has 36 heavy (non-hydrogen) atoms. The second-order valence-electron chi connectivity index (χ2n) is 8.94. The minimum atomic E-state index is -0.686. The highest BCUT2D eigenvalue weighted by Crippen LogP contribution is 2.35. The first-order valence-corrected chi connectivity index (χ1v) is 11.5. The molecule has 2 aromatic heterocycles. The van der Waals surface area contributed by atoms with Gasteiger partial charge in [-0.15, -0.1) is 0 Å². The number of H-pyrrole nitrogens is 1. The molecule has 9 nitrogen and oxygen atoms in total. The zero-order valence-electron chi connectivity index (χ0n) is 20.0. The Balaban J connectivity index is 1.49. The first-order valence-electron chi connectivity index (χ1n) is 11.5. The van der Waals surface area contributed by atoms with E-state index in [4.69, 9.17) is 24.9 Å². The number of benzene rings is 2. The van der Waals surface area contributed by atoms with Gasteiger partial charge in [0.2, 0.25) is 12.2 Å². The molecule has 0 spiro atoms. The summed E-state index contributed by atoms with van der Waals surface area (Å²) in [6, 6.07) is 15.4. The molecule has 0 atom stereocenters. The molecule has 0 unspecified atom stereocenters. The molecular formula is C26H27FN6O3. The Morgan fingerprint density at radius 1 is 1.14 bits per heavy atom. The smallest absolute Gasteiger partial charge is 0.227 e. The van der Waals surface area contributed by atoms with E-state index in [1.807, 2.05) is 31.2 Å². The molecule has 1 aliphatic rings. The lowest BCUT2D eigenvalue weighted by Crippen LogP contribution is -2.42. The van der Waals surface area contributed by atoms with Crippen molar-refractivity contribution in [2.45, 2.75) is 13.2 Å². The van der Waals surface area contributed by atoms with Gasteiger partial charge >= 0.3 is 0 Å². The normalized spacial score (nSPS) is 19.7.